The second-order valence-corrected chi connectivity index (χ2v) is 9.17. The minimum absolute atomic E-state index is 0.132. The maximum atomic E-state index is 13.3. The van der Waals surface area contributed by atoms with Gasteiger partial charge in [0.1, 0.15) is 5.82 Å². The predicted octanol–water partition coefficient (Wildman–Crippen LogP) is 2.82. The number of H-pyrrole nitrogens is 1. The van der Waals surface area contributed by atoms with Crippen LogP contribution in [0.4, 0.5) is 0 Å². The zero-order valence-corrected chi connectivity index (χ0v) is 19.1. The Bertz CT molecular complexity index is 1410. The SMILES string of the molecule is CN(C)CCCn1ccc2nc3ccn(-c4n[nH]c(C5CCCCC5)n4)c(=O)c3cc2c1=O. The van der Waals surface area contributed by atoms with Gasteiger partial charge in [-0.1, -0.05) is 19.3 Å². The van der Waals surface area contributed by atoms with Gasteiger partial charge >= 0.3 is 0 Å². The van der Waals surface area contributed by atoms with Crippen molar-refractivity contribution < 1.29 is 0 Å². The molecule has 172 valence electrons. The van der Waals surface area contributed by atoms with E-state index in [9.17, 15) is 9.59 Å². The van der Waals surface area contributed by atoms with Crippen molar-refractivity contribution in [3.05, 3.63) is 57.1 Å². The quantitative estimate of drug-likeness (QED) is 0.456. The number of aryl methyl sites for hydroxylation is 1. The van der Waals surface area contributed by atoms with Gasteiger partial charge in [0, 0.05) is 24.9 Å². The Hall–Kier alpha value is -3.33. The molecule has 33 heavy (non-hydrogen) atoms. The van der Waals surface area contributed by atoms with Crippen molar-refractivity contribution in [2.45, 2.75) is 51.0 Å². The standard InChI is InChI=1S/C24H29N7O2/c1-29(2)11-6-12-30-13-9-19-17(22(30)32)15-18-20(25-19)10-14-31(23(18)33)24-26-21(27-28-24)16-7-4-3-5-8-16/h9-10,13-16H,3-8,11-12H2,1-2H3,(H,26,27,28). The maximum Gasteiger partial charge on any atom is 0.267 e. The first-order chi connectivity index (χ1) is 16.0. The van der Waals surface area contributed by atoms with Gasteiger partial charge in [0.05, 0.1) is 21.8 Å². The van der Waals surface area contributed by atoms with Crippen LogP contribution >= 0.6 is 0 Å². The molecular weight excluding hydrogens is 418 g/mol. The molecule has 0 saturated heterocycles. The number of hydrogen-bond donors (Lipinski definition) is 1. The zero-order valence-electron chi connectivity index (χ0n) is 19.1. The molecule has 0 atom stereocenters. The lowest BCUT2D eigenvalue weighted by molar-refractivity contribution is 0.385. The van der Waals surface area contributed by atoms with Crippen molar-refractivity contribution in [1.29, 1.82) is 0 Å². The highest BCUT2D eigenvalue weighted by Crippen LogP contribution is 2.30. The van der Waals surface area contributed by atoms with Gasteiger partial charge in [-0.05, 0) is 58.1 Å². The predicted molar refractivity (Wildman–Crippen MR) is 128 cm³/mol. The summed E-state index contributed by atoms with van der Waals surface area (Å²) >= 11 is 0. The summed E-state index contributed by atoms with van der Waals surface area (Å²) in [5.41, 5.74) is 0.731. The van der Waals surface area contributed by atoms with Gasteiger partial charge in [0.2, 0.25) is 0 Å². The second-order valence-electron chi connectivity index (χ2n) is 9.17. The van der Waals surface area contributed by atoms with Crippen molar-refractivity contribution in [3.63, 3.8) is 0 Å². The number of nitrogens with one attached hydrogen (secondary N) is 1. The third-order valence-electron chi connectivity index (χ3n) is 6.52. The highest BCUT2D eigenvalue weighted by atomic mass is 16.1. The lowest BCUT2D eigenvalue weighted by Gasteiger charge is -2.18. The van der Waals surface area contributed by atoms with E-state index in [0.717, 1.165) is 31.6 Å². The molecule has 0 aliphatic heterocycles. The molecule has 1 N–H and O–H groups in total. The number of aromatic nitrogens is 6. The molecule has 0 aromatic carbocycles. The van der Waals surface area contributed by atoms with Crippen molar-refractivity contribution >= 4 is 21.8 Å². The van der Waals surface area contributed by atoms with Gasteiger partial charge in [-0.25, -0.2) is 9.55 Å². The lowest BCUT2D eigenvalue weighted by atomic mass is 9.89. The van der Waals surface area contributed by atoms with E-state index in [4.69, 9.17) is 0 Å². The molecular formula is C24H29N7O2. The van der Waals surface area contributed by atoms with Crippen LogP contribution in [0.1, 0.15) is 50.3 Å². The monoisotopic (exact) mass is 447 g/mol. The van der Waals surface area contributed by atoms with Crippen LogP contribution in [0.3, 0.4) is 0 Å². The molecule has 9 heteroatoms. The average Bonchev–Trinajstić information content (AvgIpc) is 3.31. The molecule has 5 rings (SSSR count). The van der Waals surface area contributed by atoms with Gasteiger partial charge in [0.15, 0.2) is 0 Å². The molecule has 4 aromatic rings. The molecule has 1 aliphatic rings. The van der Waals surface area contributed by atoms with Crippen molar-refractivity contribution in [3.8, 4) is 5.95 Å². The number of aromatic amines is 1. The van der Waals surface area contributed by atoms with Crippen LogP contribution in [0.25, 0.3) is 27.8 Å². The number of hydrogen-bond acceptors (Lipinski definition) is 6. The van der Waals surface area contributed by atoms with Crippen LogP contribution < -0.4 is 11.1 Å². The minimum Gasteiger partial charge on any atom is -0.315 e. The number of fused-ring (bicyclic) bond motifs is 2. The topological polar surface area (TPSA) is 102 Å². The van der Waals surface area contributed by atoms with E-state index in [1.807, 2.05) is 20.2 Å². The largest absolute Gasteiger partial charge is 0.315 e. The molecule has 4 aromatic heterocycles. The van der Waals surface area contributed by atoms with Crippen LogP contribution in [0, 0.1) is 0 Å². The fraction of sp³-hybridized carbons (Fsp3) is 0.458. The zero-order chi connectivity index (χ0) is 22.9. The summed E-state index contributed by atoms with van der Waals surface area (Å²) in [6.45, 7) is 1.51. The Kier molecular flexibility index (Phi) is 5.80. The highest BCUT2D eigenvalue weighted by molar-refractivity contribution is 5.91. The number of rotatable bonds is 6. The van der Waals surface area contributed by atoms with Gasteiger partial charge in [0.25, 0.3) is 17.1 Å². The minimum atomic E-state index is -0.279. The Labute approximate surface area is 191 Å². The first-order valence-electron chi connectivity index (χ1n) is 11.6. The summed E-state index contributed by atoms with van der Waals surface area (Å²) in [5.74, 6) is 1.54. The van der Waals surface area contributed by atoms with Crippen molar-refractivity contribution in [2.75, 3.05) is 20.6 Å². The molecule has 1 aliphatic carbocycles. The normalized spacial score (nSPS) is 15.1. The van der Waals surface area contributed by atoms with Crippen LogP contribution in [-0.2, 0) is 6.54 Å². The Morgan fingerprint density at radius 3 is 2.48 bits per heavy atom. The molecule has 0 unspecified atom stereocenters. The fourth-order valence-corrected chi connectivity index (χ4v) is 4.69. The van der Waals surface area contributed by atoms with Gasteiger partial charge < -0.3 is 9.47 Å². The molecule has 0 spiro atoms. The summed E-state index contributed by atoms with van der Waals surface area (Å²) < 4.78 is 3.11. The van der Waals surface area contributed by atoms with E-state index >= 15 is 0 Å². The van der Waals surface area contributed by atoms with E-state index in [1.165, 1.54) is 23.8 Å². The third-order valence-corrected chi connectivity index (χ3v) is 6.52. The van der Waals surface area contributed by atoms with Crippen LogP contribution in [0.15, 0.2) is 40.2 Å². The van der Waals surface area contributed by atoms with E-state index in [2.05, 4.69) is 25.1 Å². The van der Waals surface area contributed by atoms with Crippen LogP contribution in [0.5, 0.6) is 0 Å². The van der Waals surface area contributed by atoms with E-state index in [0.29, 0.717) is 40.2 Å². The number of nitrogens with zero attached hydrogens (tertiary/aromatic N) is 6. The van der Waals surface area contributed by atoms with Crippen LogP contribution in [0.2, 0.25) is 0 Å². The van der Waals surface area contributed by atoms with Crippen molar-refractivity contribution in [1.82, 2.24) is 34.2 Å². The highest BCUT2D eigenvalue weighted by Gasteiger charge is 2.20. The molecule has 4 heterocycles. The van der Waals surface area contributed by atoms with E-state index in [-0.39, 0.29) is 11.1 Å². The average molecular weight is 448 g/mol. The fourth-order valence-electron chi connectivity index (χ4n) is 4.69. The van der Waals surface area contributed by atoms with E-state index < -0.39 is 0 Å². The van der Waals surface area contributed by atoms with Gasteiger partial charge in [-0.15, -0.1) is 5.10 Å². The number of pyridine rings is 3. The van der Waals surface area contributed by atoms with Gasteiger partial charge in [-0.3, -0.25) is 14.7 Å². The Morgan fingerprint density at radius 2 is 1.73 bits per heavy atom. The summed E-state index contributed by atoms with van der Waals surface area (Å²) in [7, 11) is 4.02. The molecule has 9 nitrogen and oxygen atoms in total. The van der Waals surface area contributed by atoms with Crippen molar-refractivity contribution in [2.24, 2.45) is 0 Å². The second kappa shape index (κ2) is 8.90. The lowest BCUT2D eigenvalue weighted by Crippen LogP contribution is -2.23. The molecule has 1 fully saturated rings. The molecule has 0 radical (unpaired) electrons. The first-order valence-corrected chi connectivity index (χ1v) is 11.6. The van der Waals surface area contributed by atoms with E-state index in [1.54, 1.807) is 29.1 Å². The first kappa shape index (κ1) is 21.5. The van der Waals surface area contributed by atoms with Gasteiger partial charge in [-0.2, -0.15) is 4.98 Å². The molecule has 0 bridgehead atoms. The summed E-state index contributed by atoms with van der Waals surface area (Å²) in [5, 5.41) is 8.17. The molecule has 1 saturated carbocycles. The summed E-state index contributed by atoms with van der Waals surface area (Å²) in [4.78, 5) is 37.7. The van der Waals surface area contributed by atoms with Crippen LogP contribution in [-0.4, -0.2) is 54.8 Å². The summed E-state index contributed by atoms with van der Waals surface area (Å²) in [6, 6.07) is 5.27. The Morgan fingerprint density at radius 1 is 1.00 bits per heavy atom. The Balaban J connectivity index is 1.53. The molecule has 0 amide bonds. The summed E-state index contributed by atoms with van der Waals surface area (Å²) in [6.07, 6.45) is 10.1. The third kappa shape index (κ3) is 4.20. The smallest absolute Gasteiger partial charge is 0.267 e. The maximum absolute atomic E-state index is 13.3.